The summed E-state index contributed by atoms with van der Waals surface area (Å²) in [5.74, 6) is 1.44. The second kappa shape index (κ2) is 7.82. The molecule has 1 N–H and O–H groups in total. The number of nitrogens with zero attached hydrogens (tertiary/aromatic N) is 1. The summed E-state index contributed by atoms with van der Waals surface area (Å²) in [6, 6.07) is 15.6. The Hall–Kier alpha value is -2.04. The van der Waals surface area contributed by atoms with Crippen LogP contribution in [-0.4, -0.2) is 37.8 Å². The first-order valence-electron chi connectivity index (χ1n) is 7.26. The standard InChI is InChI=1S/C18H23NO3/c1-19(13-16(20)15-7-5-4-6-8-15)12-14-9-10-17(21-2)18(11-14)22-3/h4-11,16,20H,12-13H2,1-3H3. The average Bonchev–Trinajstić information content (AvgIpc) is 2.55. The largest absolute Gasteiger partial charge is 0.493 e. The Morgan fingerprint density at radius 1 is 1.00 bits per heavy atom. The van der Waals surface area contributed by atoms with Crippen molar-refractivity contribution < 1.29 is 14.6 Å². The highest BCUT2D eigenvalue weighted by Crippen LogP contribution is 2.28. The normalized spacial score (nSPS) is 12.2. The molecule has 0 saturated carbocycles. The number of likely N-dealkylation sites (N-methyl/N-ethyl adjacent to an activating group) is 1. The molecule has 1 unspecified atom stereocenters. The lowest BCUT2D eigenvalue weighted by Crippen LogP contribution is -2.24. The van der Waals surface area contributed by atoms with E-state index in [0.29, 0.717) is 6.54 Å². The summed E-state index contributed by atoms with van der Waals surface area (Å²) < 4.78 is 10.6. The van der Waals surface area contributed by atoms with E-state index in [-0.39, 0.29) is 0 Å². The van der Waals surface area contributed by atoms with Crippen LogP contribution < -0.4 is 9.47 Å². The molecule has 0 radical (unpaired) electrons. The first-order valence-corrected chi connectivity index (χ1v) is 7.26. The van der Waals surface area contributed by atoms with Gasteiger partial charge in [0.15, 0.2) is 11.5 Å². The number of ether oxygens (including phenoxy) is 2. The molecular weight excluding hydrogens is 278 g/mol. The maximum Gasteiger partial charge on any atom is 0.161 e. The third-order valence-corrected chi connectivity index (χ3v) is 3.57. The number of methoxy groups -OCH3 is 2. The third kappa shape index (κ3) is 4.23. The van der Waals surface area contributed by atoms with Gasteiger partial charge in [-0.2, -0.15) is 0 Å². The Morgan fingerprint density at radius 3 is 2.32 bits per heavy atom. The first kappa shape index (κ1) is 16.3. The maximum absolute atomic E-state index is 10.3. The van der Waals surface area contributed by atoms with Gasteiger partial charge in [0.05, 0.1) is 20.3 Å². The van der Waals surface area contributed by atoms with Gasteiger partial charge < -0.3 is 14.6 Å². The molecule has 2 aromatic rings. The first-order chi connectivity index (χ1) is 10.6. The van der Waals surface area contributed by atoms with Crippen LogP contribution in [0.25, 0.3) is 0 Å². The van der Waals surface area contributed by atoms with Crippen molar-refractivity contribution in [3.8, 4) is 11.5 Å². The van der Waals surface area contributed by atoms with Gasteiger partial charge in [-0.25, -0.2) is 0 Å². The molecule has 22 heavy (non-hydrogen) atoms. The smallest absolute Gasteiger partial charge is 0.161 e. The molecule has 0 aromatic heterocycles. The van der Waals surface area contributed by atoms with E-state index in [1.165, 1.54) is 0 Å². The Labute approximate surface area is 131 Å². The van der Waals surface area contributed by atoms with Crippen molar-refractivity contribution in [3.05, 3.63) is 59.7 Å². The van der Waals surface area contributed by atoms with E-state index in [4.69, 9.17) is 9.47 Å². The lowest BCUT2D eigenvalue weighted by Gasteiger charge is -2.21. The van der Waals surface area contributed by atoms with Gasteiger partial charge in [-0.15, -0.1) is 0 Å². The van der Waals surface area contributed by atoms with Crippen LogP contribution in [0.3, 0.4) is 0 Å². The summed E-state index contributed by atoms with van der Waals surface area (Å²) in [6.45, 7) is 1.29. The molecule has 2 aromatic carbocycles. The highest BCUT2D eigenvalue weighted by molar-refractivity contribution is 5.42. The van der Waals surface area contributed by atoms with E-state index < -0.39 is 6.10 Å². The molecule has 4 heteroatoms. The van der Waals surface area contributed by atoms with Crippen LogP contribution in [0.4, 0.5) is 0 Å². The second-order valence-corrected chi connectivity index (χ2v) is 5.31. The molecule has 118 valence electrons. The van der Waals surface area contributed by atoms with Gasteiger partial charge >= 0.3 is 0 Å². The van der Waals surface area contributed by atoms with E-state index in [2.05, 4.69) is 4.90 Å². The van der Waals surface area contributed by atoms with Crippen LogP contribution in [0, 0.1) is 0 Å². The molecule has 0 heterocycles. The van der Waals surface area contributed by atoms with Crippen LogP contribution in [0.2, 0.25) is 0 Å². The SMILES string of the molecule is COc1ccc(CN(C)CC(O)c2ccccc2)cc1OC. The highest BCUT2D eigenvalue weighted by Gasteiger charge is 2.12. The minimum atomic E-state index is -0.494. The zero-order chi connectivity index (χ0) is 15.9. The molecule has 0 saturated heterocycles. The summed E-state index contributed by atoms with van der Waals surface area (Å²) in [6.07, 6.45) is -0.494. The van der Waals surface area contributed by atoms with Gasteiger partial charge in [-0.1, -0.05) is 36.4 Å². The number of benzene rings is 2. The van der Waals surface area contributed by atoms with Crippen LogP contribution in [0.5, 0.6) is 11.5 Å². The third-order valence-electron chi connectivity index (χ3n) is 3.57. The van der Waals surface area contributed by atoms with Crippen LogP contribution in [-0.2, 0) is 6.54 Å². The number of aliphatic hydroxyl groups is 1. The molecule has 0 spiro atoms. The van der Waals surface area contributed by atoms with Crippen molar-refractivity contribution in [2.75, 3.05) is 27.8 Å². The fraction of sp³-hybridized carbons (Fsp3) is 0.333. The number of hydrogen-bond donors (Lipinski definition) is 1. The molecule has 0 aliphatic rings. The number of hydrogen-bond acceptors (Lipinski definition) is 4. The quantitative estimate of drug-likeness (QED) is 0.854. The fourth-order valence-corrected chi connectivity index (χ4v) is 2.43. The van der Waals surface area contributed by atoms with Crippen molar-refractivity contribution in [3.63, 3.8) is 0 Å². The molecule has 1 atom stereocenters. The predicted molar refractivity (Wildman–Crippen MR) is 87.3 cm³/mol. The Kier molecular flexibility index (Phi) is 5.81. The summed E-state index contributed by atoms with van der Waals surface area (Å²) in [4.78, 5) is 2.08. The van der Waals surface area contributed by atoms with E-state index in [1.807, 2.05) is 55.6 Å². The molecule has 2 rings (SSSR count). The highest BCUT2D eigenvalue weighted by atomic mass is 16.5. The molecule has 0 bridgehead atoms. The van der Waals surface area contributed by atoms with Crippen LogP contribution in [0.15, 0.2) is 48.5 Å². The number of rotatable bonds is 7. The van der Waals surface area contributed by atoms with Gasteiger partial charge in [0.25, 0.3) is 0 Å². The van der Waals surface area contributed by atoms with Gasteiger partial charge in [-0.3, -0.25) is 4.90 Å². The van der Waals surface area contributed by atoms with Gasteiger partial charge in [0.2, 0.25) is 0 Å². The Morgan fingerprint density at radius 2 is 1.68 bits per heavy atom. The van der Waals surface area contributed by atoms with Crippen LogP contribution >= 0.6 is 0 Å². The second-order valence-electron chi connectivity index (χ2n) is 5.31. The van der Waals surface area contributed by atoms with Gasteiger partial charge in [0, 0.05) is 13.1 Å². The molecule has 0 fully saturated rings. The molecular formula is C18H23NO3. The summed E-state index contributed by atoms with van der Waals surface area (Å²) in [5, 5.41) is 10.3. The van der Waals surface area contributed by atoms with Crippen molar-refractivity contribution >= 4 is 0 Å². The van der Waals surface area contributed by atoms with Gasteiger partial charge in [0.1, 0.15) is 0 Å². The minimum Gasteiger partial charge on any atom is -0.493 e. The zero-order valence-electron chi connectivity index (χ0n) is 13.3. The van der Waals surface area contributed by atoms with Crippen molar-refractivity contribution in [2.45, 2.75) is 12.6 Å². The molecule has 4 nitrogen and oxygen atoms in total. The van der Waals surface area contributed by atoms with Crippen molar-refractivity contribution in [2.24, 2.45) is 0 Å². The van der Waals surface area contributed by atoms with E-state index in [1.54, 1.807) is 14.2 Å². The average molecular weight is 301 g/mol. The lowest BCUT2D eigenvalue weighted by atomic mass is 10.1. The van der Waals surface area contributed by atoms with Gasteiger partial charge in [-0.05, 0) is 30.3 Å². The molecule has 0 amide bonds. The lowest BCUT2D eigenvalue weighted by molar-refractivity contribution is 0.124. The summed E-state index contributed by atoms with van der Waals surface area (Å²) in [7, 11) is 5.24. The molecule has 0 aliphatic heterocycles. The zero-order valence-corrected chi connectivity index (χ0v) is 13.3. The number of aliphatic hydroxyl groups excluding tert-OH is 1. The van der Waals surface area contributed by atoms with E-state index in [0.717, 1.165) is 29.2 Å². The summed E-state index contributed by atoms with van der Waals surface area (Å²) in [5.41, 5.74) is 2.04. The van der Waals surface area contributed by atoms with Crippen molar-refractivity contribution in [1.29, 1.82) is 0 Å². The maximum atomic E-state index is 10.3. The summed E-state index contributed by atoms with van der Waals surface area (Å²) >= 11 is 0. The van der Waals surface area contributed by atoms with E-state index in [9.17, 15) is 5.11 Å². The Bertz CT molecular complexity index is 586. The van der Waals surface area contributed by atoms with Crippen molar-refractivity contribution in [1.82, 2.24) is 4.90 Å². The monoisotopic (exact) mass is 301 g/mol. The van der Waals surface area contributed by atoms with Crippen LogP contribution in [0.1, 0.15) is 17.2 Å². The van der Waals surface area contributed by atoms with E-state index >= 15 is 0 Å². The predicted octanol–water partition coefficient (Wildman–Crippen LogP) is 2.87. The topological polar surface area (TPSA) is 41.9 Å². The molecule has 0 aliphatic carbocycles. The Balaban J connectivity index is 1.98. The minimum absolute atomic E-state index is 0.494. The fourth-order valence-electron chi connectivity index (χ4n) is 2.43.